The average Bonchev–Trinajstić information content (AvgIpc) is 3.14. The summed E-state index contributed by atoms with van der Waals surface area (Å²) in [6.45, 7) is 5.23. The highest BCUT2D eigenvalue weighted by atomic mass is 127. The van der Waals surface area contributed by atoms with Crippen molar-refractivity contribution >= 4 is 62.9 Å². The van der Waals surface area contributed by atoms with Gasteiger partial charge in [0.05, 0.1) is 12.6 Å². The molecular formula is C17H24ClIN4O2S2. The minimum atomic E-state index is -3.45. The van der Waals surface area contributed by atoms with Gasteiger partial charge in [-0.15, -0.1) is 35.3 Å². The number of rotatable bonds is 8. The molecule has 1 aromatic carbocycles. The molecule has 0 saturated carbocycles. The Labute approximate surface area is 186 Å². The Balaban J connectivity index is 0.00000364. The zero-order valence-corrected chi connectivity index (χ0v) is 19.8. The second-order valence-corrected chi connectivity index (χ2v) is 8.89. The van der Waals surface area contributed by atoms with Crippen molar-refractivity contribution in [1.29, 1.82) is 0 Å². The van der Waals surface area contributed by atoms with Gasteiger partial charge in [0.25, 0.3) is 0 Å². The van der Waals surface area contributed by atoms with E-state index in [1.54, 1.807) is 17.5 Å². The van der Waals surface area contributed by atoms with Crippen LogP contribution in [0, 0.1) is 0 Å². The number of thiophene rings is 1. The first-order valence-electron chi connectivity index (χ1n) is 8.26. The Kier molecular flexibility index (Phi) is 10.6. The number of nitrogens with one attached hydrogen (secondary N) is 3. The van der Waals surface area contributed by atoms with E-state index in [-0.39, 0.29) is 36.6 Å². The van der Waals surface area contributed by atoms with Crippen LogP contribution in [0.1, 0.15) is 25.5 Å². The molecule has 6 nitrogen and oxygen atoms in total. The van der Waals surface area contributed by atoms with Crippen molar-refractivity contribution in [2.45, 2.75) is 24.1 Å². The number of benzene rings is 1. The molecule has 0 saturated heterocycles. The highest BCUT2D eigenvalue weighted by Gasteiger charge is 2.14. The van der Waals surface area contributed by atoms with Crippen LogP contribution in [0.3, 0.4) is 0 Å². The van der Waals surface area contributed by atoms with Gasteiger partial charge in [-0.2, -0.15) is 0 Å². The number of sulfonamides is 1. The molecule has 0 bridgehead atoms. The molecule has 27 heavy (non-hydrogen) atoms. The van der Waals surface area contributed by atoms with Crippen molar-refractivity contribution in [1.82, 2.24) is 15.4 Å². The van der Waals surface area contributed by atoms with Crippen molar-refractivity contribution in [3.05, 3.63) is 52.4 Å². The Bertz CT molecular complexity index is 829. The van der Waals surface area contributed by atoms with Crippen molar-refractivity contribution < 1.29 is 8.42 Å². The molecule has 10 heteroatoms. The van der Waals surface area contributed by atoms with E-state index >= 15 is 0 Å². The van der Waals surface area contributed by atoms with Crippen LogP contribution in [-0.2, 0) is 10.0 Å². The van der Waals surface area contributed by atoms with Crippen molar-refractivity contribution in [3.8, 4) is 0 Å². The monoisotopic (exact) mass is 542 g/mol. The fraction of sp³-hybridized carbons (Fsp3) is 0.353. The van der Waals surface area contributed by atoms with Crippen LogP contribution in [-0.4, -0.2) is 34.0 Å². The number of guanidine groups is 1. The summed E-state index contributed by atoms with van der Waals surface area (Å²) in [6.07, 6.45) is 0. The van der Waals surface area contributed by atoms with E-state index in [1.807, 2.05) is 38.1 Å². The lowest BCUT2D eigenvalue weighted by Crippen LogP contribution is -2.39. The van der Waals surface area contributed by atoms with Crippen LogP contribution in [0.2, 0.25) is 5.02 Å². The van der Waals surface area contributed by atoms with E-state index in [9.17, 15) is 8.42 Å². The minimum absolute atomic E-state index is 0. The van der Waals surface area contributed by atoms with Gasteiger partial charge < -0.3 is 10.6 Å². The maximum atomic E-state index is 12.1. The van der Waals surface area contributed by atoms with E-state index in [4.69, 9.17) is 11.6 Å². The molecule has 0 amide bonds. The Hall–Kier alpha value is -0.880. The van der Waals surface area contributed by atoms with Crippen LogP contribution in [0.4, 0.5) is 0 Å². The molecule has 0 aliphatic rings. The molecular weight excluding hydrogens is 519 g/mol. The molecule has 0 fully saturated rings. The van der Waals surface area contributed by atoms with E-state index in [0.29, 0.717) is 28.3 Å². The molecule has 2 aromatic rings. The molecule has 1 heterocycles. The van der Waals surface area contributed by atoms with Crippen LogP contribution in [0.15, 0.2) is 51.0 Å². The van der Waals surface area contributed by atoms with Crippen molar-refractivity contribution in [2.24, 2.45) is 4.99 Å². The summed E-state index contributed by atoms with van der Waals surface area (Å²) < 4.78 is 27.0. The first-order chi connectivity index (χ1) is 12.4. The van der Waals surface area contributed by atoms with Crippen molar-refractivity contribution in [3.63, 3.8) is 0 Å². The number of aliphatic imine (C=N–C) groups is 1. The van der Waals surface area contributed by atoms with E-state index in [0.717, 1.165) is 5.56 Å². The van der Waals surface area contributed by atoms with E-state index < -0.39 is 10.0 Å². The van der Waals surface area contributed by atoms with Crippen LogP contribution >= 0.6 is 46.9 Å². The van der Waals surface area contributed by atoms with Gasteiger partial charge in [-0.05, 0) is 43.0 Å². The molecule has 0 spiro atoms. The number of hydrogen-bond acceptors (Lipinski definition) is 4. The second-order valence-electron chi connectivity index (χ2n) is 5.51. The Morgan fingerprint density at radius 2 is 2.07 bits per heavy atom. The minimum Gasteiger partial charge on any atom is -0.357 e. The highest BCUT2D eigenvalue weighted by molar-refractivity contribution is 14.0. The fourth-order valence-electron chi connectivity index (χ4n) is 2.22. The zero-order chi connectivity index (χ0) is 19.0. The SMILES string of the molecule is CCNC(=NCCNS(=O)(=O)c1cccs1)NC(C)c1cccc(Cl)c1.I. The molecule has 150 valence electrons. The smallest absolute Gasteiger partial charge is 0.250 e. The summed E-state index contributed by atoms with van der Waals surface area (Å²) in [7, 11) is -3.45. The Morgan fingerprint density at radius 1 is 1.30 bits per heavy atom. The predicted octanol–water partition coefficient (Wildman–Crippen LogP) is 3.61. The molecule has 0 aliphatic heterocycles. The van der Waals surface area contributed by atoms with Gasteiger partial charge in [-0.1, -0.05) is 29.8 Å². The zero-order valence-electron chi connectivity index (χ0n) is 15.1. The largest absolute Gasteiger partial charge is 0.357 e. The summed E-state index contributed by atoms with van der Waals surface area (Å²) in [5.41, 5.74) is 1.04. The fourth-order valence-corrected chi connectivity index (χ4v) is 4.48. The van der Waals surface area contributed by atoms with E-state index in [2.05, 4.69) is 20.3 Å². The summed E-state index contributed by atoms with van der Waals surface area (Å²) in [5.74, 6) is 0.621. The first kappa shape index (κ1) is 24.2. The average molecular weight is 543 g/mol. The summed E-state index contributed by atoms with van der Waals surface area (Å²) >= 11 is 7.22. The lowest BCUT2D eigenvalue weighted by molar-refractivity contribution is 0.584. The van der Waals surface area contributed by atoms with Gasteiger partial charge in [0.1, 0.15) is 4.21 Å². The van der Waals surface area contributed by atoms with E-state index in [1.165, 1.54) is 11.3 Å². The van der Waals surface area contributed by atoms with Crippen molar-refractivity contribution in [2.75, 3.05) is 19.6 Å². The van der Waals surface area contributed by atoms with Crippen LogP contribution in [0.25, 0.3) is 0 Å². The van der Waals surface area contributed by atoms with Crippen LogP contribution in [0.5, 0.6) is 0 Å². The maximum Gasteiger partial charge on any atom is 0.250 e. The molecule has 3 N–H and O–H groups in total. The van der Waals surface area contributed by atoms with Gasteiger partial charge in [-0.25, -0.2) is 13.1 Å². The molecule has 2 rings (SSSR count). The molecule has 0 radical (unpaired) electrons. The molecule has 1 unspecified atom stereocenters. The quantitative estimate of drug-likeness (QED) is 0.206. The molecule has 0 aliphatic carbocycles. The van der Waals surface area contributed by atoms with Gasteiger partial charge in [0.15, 0.2) is 5.96 Å². The van der Waals surface area contributed by atoms with Gasteiger partial charge in [0, 0.05) is 18.1 Å². The Morgan fingerprint density at radius 3 is 2.70 bits per heavy atom. The highest BCUT2D eigenvalue weighted by Crippen LogP contribution is 2.17. The number of halogens is 2. The summed E-state index contributed by atoms with van der Waals surface area (Å²) in [6, 6.07) is 10.9. The first-order valence-corrected chi connectivity index (χ1v) is 11.0. The standard InChI is InChI=1S/C17H23ClN4O2S2.HI/c1-3-19-17(22-13(2)14-6-4-7-15(18)12-14)20-9-10-21-26(23,24)16-8-5-11-25-16;/h4-8,11-13,21H,3,9-10H2,1-2H3,(H2,19,20,22);1H. The number of hydrogen-bond donors (Lipinski definition) is 3. The third kappa shape index (κ3) is 7.94. The van der Waals surface area contributed by atoms with Crippen LogP contribution < -0.4 is 15.4 Å². The number of nitrogens with zero attached hydrogens (tertiary/aromatic N) is 1. The molecule has 1 atom stereocenters. The maximum absolute atomic E-state index is 12.1. The summed E-state index contributed by atoms with van der Waals surface area (Å²) in [5, 5.41) is 8.86. The predicted molar refractivity (Wildman–Crippen MR) is 124 cm³/mol. The molecule has 1 aromatic heterocycles. The van der Waals surface area contributed by atoms with Gasteiger partial charge in [0.2, 0.25) is 10.0 Å². The summed E-state index contributed by atoms with van der Waals surface area (Å²) in [4.78, 5) is 4.42. The topological polar surface area (TPSA) is 82.6 Å². The third-order valence-electron chi connectivity index (χ3n) is 3.48. The normalized spacial score (nSPS) is 12.9. The third-order valence-corrected chi connectivity index (χ3v) is 6.57. The lowest BCUT2D eigenvalue weighted by atomic mass is 10.1. The second kappa shape index (κ2) is 11.8. The van der Waals surface area contributed by atoms with Gasteiger partial charge in [-0.3, -0.25) is 4.99 Å². The lowest BCUT2D eigenvalue weighted by Gasteiger charge is -2.18. The van der Waals surface area contributed by atoms with Gasteiger partial charge >= 0.3 is 0 Å².